The Labute approximate surface area is 210 Å². The predicted molar refractivity (Wildman–Crippen MR) is 136 cm³/mol. The Morgan fingerprint density at radius 3 is 2.74 bits per heavy atom. The number of ether oxygens (including phenoxy) is 1. The van der Waals surface area contributed by atoms with Gasteiger partial charge in [-0.2, -0.15) is 5.10 Å². The Hall–Kier alpha value is -3.13. The smallest absolute Gasteiger partial charge is 0.273 e. The molecule has 0 spiro atoms. The number of nitrogens with one attached hydrogen (secondary N) is 1. The molecule has 3 aromatic rings. The molecule has 1 unspecified atom stereocenters. The van der Waals surface area contributed by atoms with Crippen molar-refractivity contribution in [1.29, 1.82) is 0 Å². The zero-order valence-corrected chi connectivity index (χ0v) is 21.1. The van der Waals surface area contributed by atoms with Crippen LogP contribution in [0.2, 0.25) is 0 Å². The number of carbonyl (C=O) groups excluding carboxylic acids is 2. The maximum Gasteiger partial charge on any atom is 0.273 e. The van der Waals surface area contributed by atoms with Crippen molar-refractivity contribution in [3.8, 4) is 16.3 Å². The van der Waals surface area contributed by atoms with Gasteiger partial charge in [-0.05, 0) is 50.3 Å². The van der Waals surface area contributed by atoms with E-state index in [2.05, 4.69) is 5.32 Å². The summed E-state index contributed by atoms with van der Waals surface area (Å²) in [6.07, 6.45) is 5.43. The summed E-state index contributed by atoms with van der Waals surface area (Å²) < 4.78 is 7.54. The molecule has 2 aliphatic rings. The van der Waals surface area contributed by atoms with Gasteiger partial charge in [0, 0.05) is 11.6 Å². The predicted octanol–water partition coefficient (Wildman–Crippen LogP) is 4.87. The molecule has 8 heteroatoms. The first-order valence-electron chi connectivity index (χ1n) is 12.4. The van der Waals surface area contributed by atoms with Crippen molar-refractivity contribution in [2.45, 2.75) is 70.6 Å². The molecule has 5 rings (SSSR count). The number of aromatic nitrogens is 2. The molecular weight excluding hydrogens is 460 g/mol. The van der Waals surface area contributed by atoms with Gasteiger partial charge in [0.05, 0.1) is 24.6 Å². The van der Waals surface area contributed by atoms with Gasteiger partial charge in [-0.25, -0.2) is 0 Å². The second-order valence-corrected chi connectivity index (χ2v) is 10.5. The lowest BCUT2D eigenvalue weighted by atomic mass is 9.91. The molecule has 184 valence electrons. The quantitative estimate of drug-likeness (QED) is 0.510. The number of benzene rings is 1. The van der Waals surface area contributed by atoms with Crippen molar-refractivity contribution >= 4 is 23.2 Å². The number of nitrogens with zero attached hydrogens (tertiary/aromatic N) is 3. The highest BCUT2D eigenvalue weighted by molar-refractivity contribution is 7.13. The number of hydrogen-bond donors (Lipinski definition) is 1. The van der Waals surface area contributed by atoms with E-state index in [4.69, 9.17) is 9.84 Å². The first-order chi connectivity index (χ1) is 17.0. The summed E-state index contributed by atoms with van der Waals surface area (Å²) in [6.45, 7) is 4.91. The van der Waals surface area contributed by atoms with Crippen LogP contribution in [0.1, 0.15) is 62.0 Å². The fraction of sp³-hybridized carbons (Fsp3) is 0.444. The second kappa shape index (κ2) is 9.85. The van der Waals surface area contributed by atoms with E-state index in [0.717, 1.165) is 47.6 Å². The summed E-state index contributed by atoms with van der Waals surface area (Å²) in [7, 11) is 0. The summed E-state index contributed by atoms with van der Waals surface area (Å²) in [5, 5.41) is 9.99. The molecule has 1 aromatic carbocycles. The lowest BCUT2D eigenvalue weighted by Gasteiger charge is -2.44. The molecular formula is C27H32N4O3S. The van der Waals surface area contributed by atoms with Gasteiger partial charge in [-0.1, -0.05) is 43.5 Å². The lowest BCUT2D eigenvalue weighted by molar-refractivity contribution is -0.134. The molecule has 3 heterocycles. The number of thiophene rings is 1. The van der Waals surface area contributed by atoms with Crippen molar-refractivity contribution < 1.29 is 14.3 Å². The summed E-state index contributed by atoms with van der Waals surface area (Å²) in [6, 6.07) is 13.7. The van der Waals surface area contributed by atoms with E-state index in [0.29, 0.717) is 18.8 Å². The summed E-state index contributed by atoms with van der Waals surface area (Å²) >= 11 is 1.58. The van der Waals surface area contributed by atoms with Gasteiger partial charge in [0.1, 0.15) is 22.7 Å². The van der Waals surface area contributed by atoms with Gasteiger partial charge in [-0.3, -0.25) is 14.3 Å². The Morgan fingerprint density at radius 2 is 2.00 bits per heavy atom. The van der Waals surface area contributed by atoms with E-state index in [-0.39, 0.29) is 24.4 Å². The molecule has 2 amide bonds. The molecule has 1 fully saturated rings. The number of amides is 2. The van der Waals surface area contributed by atoms with E-state index in [1.54, 1.807) is 20.9 Å². The largest absolute Gasteiger partial charge is 0.494 e. The highest BCUT2D eigenvalue weighted by Crippen LogP contribution is 2.34. The molecule has 35 heavy (non-hydrogen) atoms. The molecule has 0 bridgehead atoms. The molecule has 1 atom stereocenters. The highest BCUT2D eigenvalue weighted by Gasteiger charge is 2.48. The van der Waals surface area contributed by atoms with E-state index in [9.17, 15) is 9.59 Å². The van der Waals surface area contributed by atoms with Crippen LogP contribution in [0.25, 0.3) is 10.6 Å². The van der Waals surface area contributed by atoms with Crippen LogP contribution in [0.3, 0.4) is 0 Å². The van der Waals surface area contributed by atoms with Crippen molar-refractivity contribution in [3.63, 3.8) is 0 Å². The summed E-state index contributed by atoms with van der Waals surface area (Å²) in [4.78, 5) is 30.5. The van der Waals surface area contributed by atoms with Gasteiger partial charge in [0.15, 0.2) is 0 Å². The molecule has 1 aliphatic heterocycles. The second-order valence-electron chi connectivity index (χ2n) is 9.56. The Balaban J connectivity index is 1.52. The molecule has 1 N–H and O–H groups in total. The van der Waals surface area contributed by atoms with Gasteiger partial charge < -0.3 is 15.0 Å². The minimum atomic E-state index is -1.08. The van der Waals surface area contributed by atoms with Crippen LogP contribution in [0, 0.1) is 0 Å². The fourth-order valence-electron chi connectivity index (χ4n) is 5.12. The van der Waals surface area contributed by atoms with E-state index in [1.807, 2.05) is 61.7 Å². The molecule has 0 radical (unpaired) electrons. The van der Waals surface area contributed by atoms with Crippen LogP contribution >= 0.6 is 11.3 Å². The SMILES string of the molecule is CCOc1ccccc1CN1C(=O)c2cc(-c3cccs3)nn2CC1(C)C(=O)NC1CCCCC1. The van der Waals surface area contributed by atoms with Gasteiger partial charge in [-0.15, -0.1) is 11.3 Å². The number of para-hydroxylation sites is 1. The zero-order valence-electron chi connectivity index (χ0n) is 20.3. The fourth-order valence-corrected chi connectivity index (χ4v) is 5.80. The van der Waals surface area contributed by atoms with Crippen LogP contribution in [0.5, 0.6) is 5.75 Å². The third-order valence-corrected chi connectivity index (χ3v) is 7.99. The molecule has 1 aliphatic carbocycles. The minimum absolute atomic E-state index is 0.120. The van der Waals surface area contributed by atoms with Gasteiger partial charge in [0.2, 0.25) is 5.91 Å². The molecule has 2 aromatic heterocycles. The van der Waals surface area contributed by atoms with Crippen LogP contribution in [-0.2, 0) is 17.9 Å². The van der Waals surface area contributed by atoms with Crippen LogP contribution in [0.4, 0.5) is 0 Å². The maximum atomic E-state index is 13.9. The van der Waals surface area contributed by atoms with Gasteiger partial charge >= 0.3 is 0 Å². The lowest BCUT2D eigenvalue weighted by Crippen LogP contribution is -2.64. The average molecular weight is 493 g/mol. The third-order valence-electron chi connectivity index (χ3n) is 7.10. The maximum absolute atomic E-state index is 13.9. The molecule has 0 saturated heterocycles. The number of carbonyl (C=O) groups is 2. The van der Waals surface area contributed by atoms with Gasteiger partial charge in [0.25, 0.3) is 5.91 Å². The van der Waals surface area contributed by atoms with Crippen molar-refractivity contribution in [3.05, 3.63) is 59.1 Å². The Morgan fingerprint density at radius 1 is 1.20 bits per heavy atom. The van der Waals surface area contributed by atoms with E-state index in [1.165, 1.54) is 6.42 Å². The zero-order chi connectivity index (χ0) is 24.4. The van der Waals surface area contributed by atoms with Crippen LogP contribution in [-0.4, -0.2) is 44.7 Å². The Bertz CT molecular complexity index is 1200. The van der Waals surface area contributed by atoms with E-state index >= 15 is 0 Å². The monoisotopic (exact) mass is 492 g/mol. The third kappa shape index (κ3) is 4.59. The first-order valence-corrected chi connectivity index (χ1v) is 13.3. The highest BCUT2D eigenvalue weighted by atomic mass is 32.1. The average Bonchev–Trinajstić information content (AvgIpc) is 3.54. The van der Waals surface area contributed by atoms with Crippen LogP contribution < -0.4 is 10.1 Å². The van der Waals surface area contributed by atoms with Crippen molar-refractivity contribution in [2.75, 3.05) is 6.61 Å². The normalized spacial score (nSPS) is 20.5. The first kappa shape index (κ1) is 23.6. The van der Waals surface area contributed by atoms with Crippen molar-refractivity contribution in [2.24, 2.45) is 0 Å². The number of hydrogen-bond acceptors (Lipinski definition) is 5. The topological polar surface area (TPSA) is 76.5 Å². The number of rotatable bonds is 7. The molecule has 7 nitrogen and oxygen atoms in total. The van der Waals surface area contributed by atoms with Crippen LogP contribution in [0.15, 0.2) is 47.8 Å². The minimum Gasteiger partial charge on any atom is -0.494 e. The standard InChI is InChI=1S/C27H32N4O3S/c1-3-34-23-13-8-7-10-19(23)17-30-25(32)22-16-21(24-14-9-15-35-24)29-31(22)18-27(30,2)26(33)28-20-11-5-4-6-12-20/h7-10,13-16,20H,3-6,11-12,17-18H2,1-2H3,(H,28,33). The number of fused-ring (bicyclic) bond motifs is 1. The van der Waals surface area contributed by atoms with Crippen molar-refractivity contribution in [1.82, 2.24) is 20.0 Å². The molecule has 1 saturated carbocycles. The Kier molecular flexibility index (Phi) is 6.65. The summed E-state index contributed by atoms with van der Waals surface area (Å²) in [5.74, 6) is 0.417. The van der Waals surface area contributed by atoms with E-state index < -0.39 is 5.54 Å². The summed E-state index contributed by atoms with van der Waals surface area (Å²) in [5.41, 5.74) is 1.06.